The zero-order valence-corrected chi connectivity index (χ0v) is 13.3. The first-order valence-electron chi connectivity index (χ1n) is 7.51. The highest BCUT2D eigenvalue weighted by Gasteiger charge is 2.18. The van der Waals surface area contributed by atoms with Crippen molar-refractivity contribution < 1.29 is 4.74 Å². The highest BCUT2D eigenvalue weighted by atomic mass is 16.5. The Balaban J connectivity index is 2.78. The van der Waals surface area contributed by atoms with Crippen LogP contribution in [0.15, 0.2) is 24.3 Å². The summed E-state index contributed by atoms with van der Waals surface area (Å²) in [5, 5.41) is 9.53. The van der Waals surface area contributed by atoms with Crippen molar-refractivity contribution in [3.05, 3.63) is 41.1 Å². The Labute approximate surface area is 131 Å². The Morgan fingerprint density at radius 2 is 2.09 bits per heavy atom. The Morgan fingerprint density at radius 3 is 2.68 bits per heavy atom. The van der Waals surface area contributed by atoms with Crippen molar-refractivity contribution in [3.63, 3.8) is 0 Å². The Morgan fingerprint density at radius 1 is 1.32 bits per heavy atom. The number of aromatic nitrogens is 1. The number of hydrogen-bond donors (Lipinski definition) is 1. The molecule has 0 aliphatic rings. The van der Waals surface area contributed by atoms with Crippen LogP contribution in [0.2, 0.25) is 0 Å². The van der Waals surface area contributed by atoms with E-state index in [1.807, 2.05) is 24.3 Å². The summed E-state index contributed by atoms with van der Waals surface area (Å²) in [6, 6.07) is 9.94. The summed E-state index contributed by atoms with van der Waals surface area (Å²) in [4.78, 5) is 4.46. The Kier molecular flexibility index (Phi) is 5.00. The third-order valence-corrected chi connectivity index (χ3v) is 3.72. The van der Waals surface area contributed by atoms with Gasteiger partial charge in [-0.15, -0.1) is 0 Å². The van der Waals surface area contributed by atoms with E-state index in [2.05, 4.69) is 24.9 Å². The molecule has 0 unspecified atom stereocenters. The molecule has 2 N–H and O–H groups in total. The number of rotatable bonds is 5. The molecule has 0 atom stereocenters. The molecular formula is C18H21N3O. The first-order valence-corrected chi connectivity index (χ1v) is 7.51. The molecule has 0 saturated carbocycles. The second-order valence-corrected chi connectivity index (χ2v) is 5.12. The zero-order chi connectivity index (χ0) is 16.1. The third-order valence-electron chi connectivity index (χ3n) is 3.72. The first-order chi connectivity index (χ1) is 10.7. The topological polar surface area (TPSA) is 71.9 Å². The van der Waals surface area contributed by atoms with Gasteiger partial charge in [0.2, 0.25) is 0 Å². The molecule has 0 aliphatic heterocycles. The summed E-state index contributed by atoms with van der Waals surface area (Å²) in [6.45, 7) is 4.19. The quantitative estimate of drug-likeness (QED) is 0.912. The molecule has 4 nitrogen and oxygen atoms in total. The number of methoxy groups -OCH3 is 1. The monoisotopic (exact) mass is 295 g/mol. The van der Waals surface area contributed by atoms with Gasteiger partial charge in [0.25, 0.3) is 0 Å². The van der Waals surface area contributed by atoms with Crippen LogP contribution in [-0.4, -0.2) is 12.1 Å². The van der Waals surface area contributed by atoms with Crippen molar-refractivity contribution in [1.82, 2.24) is 4.98 Å². The lowest BCUT2D eigenvalue weighted by Crippen LogP contribution is -2.07. The highest BCUT2D eigenvalue weighted by molar-refractivity contribution is 5.79. The largest absolute Gasteiger partial charge is 0.497 e. The molecule has 0 spiro atoms. The number of nitrogens with two attached hydrogens (primary N) is 1. The normalized spacial score (nSPS) is 10.3. The highest BCUT2D eigenvalue weighted by Crippen LogP contribution is 2.34. The van der Waals surface area contributed by atoms with Gasteiger partial charge in [-0.05, 0) is 36.1 Å². The SMILES string of the molecule is CCCc1nc(N)c(C#N)c(-c2cccc(OC)c2)c1CC. The molecule has 2 aromatic rings. The maximum Gasteiger partial charge on any atom is 0.142 e. The number of nitrogen functional groups attached to an aromatic ring is 1. The maximum absolute atomic E-state index is 9.53. The van der Waals surface area contributed by atoms with Crippen LogP contribution in [0, 0.1) is 11.3 Å². The van der Waals surface area contributed by atoms with Crippen LogP contribution in [0.1, 0.15) is 37.1 Å². The number of pyridine rings is 1. The van der Waals surface area contributed by atoms with Crippen LogP contribution in [0.5, 0.6) is 5.75 Å². The Bertz CT molecular complexity index is 717. The van der Waals surface area contributed by atoms with Gasteiger partial charge in [-0.2, -0.15) is 5.26 Å². The summed E-state index contributed by atoms with van der Waals surface area (Å²) in [5.74, 6) is 1.07. The number of hydrogen-bond acceptors (Lipinski definition) is 4. The van der Waals surface area contributed by atoms with Crippen LogP contribution >= 0.6 is 0 Å². The van der Waals surface area contributed by atoms with Crippen LogP contribution in [-0.2, 0) is 12.8 Å². The molecule has 1 heterocycles. The van der Waals surface area contributed by atoms with E-state index in [0.717, 1.165) is 47.4 Å². The molecular weight excluding hydrogens is 274 g/mol. The van der Waals surface area contributed by atoms with Crippen LogP contribution in [0.25, 0.3) is 11.1 Å². The summed E-state index contributed by atoms with van der Waals surface area (Å²) in [7, 11) is 1.63. The van der Waals surface area contributed by atoms with Crippen LogP contribution < -0.4 is 10.5 Å². The lowest BCUT2D eigenvalue weighted by Gasteiger charge is -2.16. The van der Waals surface area contributed by atoms with E-state index in [1.54, 1.807) is 7.11 Å². The van der Waals surface area contributed by atoms with Crippen molar-refractivity contribution in [2.45, 2.75) is 33.1 Å². The molecule has 0 aliphatic carbocycles. The number of nitrogens with zero attached hydrogens (tertiary/aromatic N) is 2. The lowest BCUT2D eigenvalue weighted by molar-refractivity contribution is 0.415. The van der Waals surface area contributed by atoms with E-state index in [-0.39, 0.29) is 0 Å². The molecule has 1 aromatic heterocycles. The third kappa shape index (κ3) is 2.89. The van der Waals surface area contributed by atoms with Crippen molar-refractivity contribution >= 4 is 5.82 Å². The number of ether oxygens (including phenoxy) is 1. The predicted molar refractivity (Wildman–Crippen MR) is 88.7 cm³/mol. The molecule has 114 valence electrons. The fourth-order valence-electron chi connectivity index (χ4n) is 2.73. The molecule has 1 aromatic carbocycles. The first kappa shape index (κ1) is 15.8. The van der Waals surface area contributed by atoms with Crippen molar-refractivity contribution in [3.8, 4) is 22.9 Å². The number of benzene rings is 1. The van der Waals surface area contributed by atoms with E-state index in [0.29, 0.717) is 11.4 Å². The van der Waals surface area contributed by atoms with Gasteiger partial charge < -0.3 is 10.5 Å². The van der Waals surface area contributed by atoms with Crippen molar-refractivity contribution in [2.24, 2.45) is 0 Å². The van der Waals surface area contributed by atoms with Gasteiger partial charge in [-0.1, -0.05) is 32.4 Å². The van der Waals surface area contributed by atoms with E-state index >= 15 is 0 Å². The van der Waals surface area contributed by atoms with Crippen LogP contribution in [0.4, 0.5) is 5.82 Å². The number of nitriles is 1. The minimum Gasteiger partial charge on any atom is -0.497 e. The fourth-order valence-corrected chi connectivity index (χ4v) is 2.73. The van der Waals surface area contributed by atoms with Gasteiger partial charge in [0, 0.05) is 11.3 Å². The van der Waals surface area contributed by atoms with E-state index in [9.17, 15) is 5.26 Å². The molecule has 0 radical (unpaired) electrons. The standard InChI is InChI=1S/C18H21N3O/c1-4-7-16-14(5-2)17(15(11-19)18(20)21-16)12-8-6-9-13(10-12)22-3/h6,8-10H,4-5,7H2,1-3H3,(H2,20,21). The predicted octanol–water partition coefficient (Wildman–Crippen LogP) is 3.73. The van der Waals surface area contributed by atoms with E-state index < -0.39 is 0 Å². The number of anilines is 1. The van der Waals surface area contributed by atoms with Crippen molar-refractivity contribution in [1.29, 1.82) is 5.26 Å². The maximum atomic E-state index is 9.53. The molecule has 0 amide bonds. The van der Waals surface area contributed by atoms with Crippen LogP contribution in [0.3, 0.4) is 0 Å². The minimum atomic E-state index is 0.306. The fraction of sp³-hybridized carbons (Fsp3) is 0.333. The molecule has 22 heavy (non-hydrogen) atoms. The minimum absolute atomic E-state index is 0.306. The summed E-state index contributed by atoms with van der Waals surface area (Å²) in [5.41, 5.74) is 10.4. The molecule has 4 heteroatoms. The molecule has 0 saturated heterocycles. The summed E-state index contributed by atoms with van der Waals surface area (Å²) < 4.78 is 5.30. The molecule has 2 rings (SSSR count). The van der Waals surface area contributed by atoms with Gasteiger partial charge in [-0.3, -0.25) is 0 Å². The van der Waals surface area contributed by atoms with Gasteiger partial charge in [0.05, 0.1) is 7.11 Å². The average molecular weight is 295 g/mol. The van der Waals surface area contributed by atoms with Gasteiger partial charge in [-0.25, -0.2) is 4.98 Å². The smallest absolute Gasteiger partial charge is 0.142 e. The summed E-state index contributed by atoms with van der Waals surface area (Å²) >= 11 is 0. The lowest BCUT2D eigenvalue weighted by atomic mass is 9.91. The van der Waals surface area contributed by atoms with Crippen molar-refractivity contribution in [2.75, 3.05) is 12.8 Å². The Hall–Kier alpha value is -2.54. The molecule has 0 bridgehead atoms. The van der Waals surface area contributed by atoms with Gasteiger partial charge in [0.15, 0.2) is 0 Å². The molecule has 0 fully saturated rings. The zero-order valence-electron chi connectivity index (χ0n) is 13.3. The second-order valence-electron chi connectivity index (χ2n) is 5.12. The summed E-state index contributed by atoms with van der Waals surface area (Å²) in [6.07, 6.45) is 2.66. The van der Waals surface area contributed by atoms with Gasteiger partial charge >= 0.3 is 0 Å². The van der Waals surface area contributed by atoms with Gasteiger partial charge in [0.1, 0.15) is 23.2 Å². The number of aryl methyl sites for hydroxylation is 1. The second kappa shape index (κ2) is 6.95. The van der Waals surface area contributed by atoms with E-state index in [4.69, 9.17) is 10.5 Å². The van der Waals surface area contributed by atoms with E-state index in [1.165, 1.54) is 0 Å². The average Bonchev–Trinajstić information content (AvgIpc) is 2.54.